The van der Waals surface area contributed by atoms with Crippen LogP contribution in [0.2, 0.25) is 0 Å². The van der Waals surface area contributed by atoms with Gasteiger partial charge in [0.25, 0.3) is 0 Å². The van der Waals surface area contributed by atoms with Crippen LogP contribution < -0.4 is 0 Å². The van der Waals surface area contributed by atoms with Crippen LogP contribution in [0.3, 0.4) is 0 Å². The van der Waals surface area contributed by atoms with Crippen molar-refractivity contribution in [2.24, 2.45) is 5.92 Å². The van der Waals surface area contributed by atoms with Crippen molar-refractivity contribution >= 4 is 23.6 Å². The van der Waals surface area contributed by atoms with E-state index < -0.39 is 0 Å². The molecule has 1 aromatic rings. The molecule has 2 saturated heterocycles. The lowest BCUT2D eigenvalue weighted by atomic mass is 9.81. The number of amides is 2. The van der Waals surface area contributed by atoms with Gasteiger partial charge in [0.15, 0.2) is 0 Å². The summed E-state index contributed by atoms with van der Waals surface area (Å²) < 4.78 is 0. The summed E-state index contributed by atoms with van der Waals surface area (Å²) in [4.78, 5) is 27.5. The van der Waals surface area contributed by atoms with Crippen LogP contribution in [0.4, 0.5) is 0 Å². The monoisotopic (exact) mass is 334 g/mol. The topological polar surface area (TPSA) is 60.9 Å². The third kappa shape index (κ3) is 3.70. The number of aliphatic hydroxyl groups excluding tert-OH is 1. The minimum atomic E-state index is -0.00851. The highest BCUT2D eigenvalue weighted by atomic mass is 32.2. The molecule has 0 aliphatic carbocycles. The molecule has 0 radical (unpaired) electrons. The van der Waals surface area contributed by atoms with E-state index >= 15 is 0 Å². The van der Waals surface area contributed by atoms with Gasteiger partial charge in [-0.2, -0.15) is 0 Å². The molecule has 2 fully saturated rings. The standard InChI is InChI=1S/C17H22N2O3S/c20-10-14-8-18(16(21)9-19-12-23-11-17(19)22)7-6-15(14)13-4-2-1-3-5-13/h1-5,14-15,20H,6-12H2/t14-,15+/m1/s1. The van der Waals surface area contributed by atoms with Crippen LogP contribution in [0.25, 0.3) is 0 Å². The van der Waals surface area contributed by atoms with E-state index in [0.29, 0.717) is 24.7 Å². The summed E-state index contributed by atoms with van der Waals surface area (Å²) in [5.41, 5.74) is 1.23. The van der Waals surface area contributed by atoms with E-state index in [1.165, 1.54) is 5.56 Å². The molecule has 0 spiro atoms. The second-order valence-corrected chi connectivity index (χ2v) is 7.11. The molecule has 2 aliphatic heterocycles. The molecule has 1 N–H and O–H groups in total. The van der Waals surface area contributed by atoms with Gasteiger partial charge in [-0.15, -0.1) is 11.8 Å². The first kappa shape index (κ1) is 16.3. The fourth-order valence-corrected chi connectivity index (χ4v) is 4.29. The fourth-order valence-electron chi connectivity index (χ4n) is 3.39. The number of piperidine rings is 1. The van der Waals surface area contributed by atoms with Gasteiger partial charge in [-0.3, -0.25) is 9.59 Å². The van der Waals surface area contributed by atoms with Crippen LogP contribution in [0, 0.1) is 5.92 Å². The second kappa shape index (κ2) is 7.36. The first-order chi connectivity index (χ1) is 11.2. The fraction of sp³-hybridized carbons (Fsp3) is 0.529. The molecule has 23 heavy (non-hydrogen) atoms. The summed E-state index contributed by atoms with van der Waals surface area (Å²) in [7, 11) is 0. The molecule has 2 heterocycles. The Labute approximate surface area is 140 Å². The lowest BCUT2D eigenvalue weighted by molar-refractivity contribution is -0.139. The Balaban J connectivity index is 1.62. The van der Waals surface area contributed by atoms with E-state index in [-0.39, 0.29) is 36.8 Å². The molecule has 6 heteroatoms. The van der Waals surface area contributed by atoms with Crippen molar-refractivity contribution in [2.75, 3.05) is 37.9 Å². The summed E-state index contributed by atoms with van der Waals surface area (Å²) in [5, 5.41) is 9.74. The molecule has 0 bridgehead atoms. The van der Waals surface area contributed by atoms with Crippen LogP contribution in [0.5, 0.6) is 0 Å². The highest BCUT2D eigenvalue weighted by molar-refractivity contribution is 8.00. The van der Waals surface area contributed by atoms with Crippen LogP contribution in [-0.2, 0) is 9.59 Å². The van der Waals surface area contributed by atoms with Crippen molar-refractivity contribution in [1.82, 2.24) is 9.80 Å². The largest absolute Gasteiger partial charge is 0.396 e. The maximum Gasteiger partial charge on any atom is 0.242 e. The number of rotatable bonds is 4. The number of aliphatic hydroxyl groups is 1. The number of hydrogen-bond acceptors (Lipinski definition) is 4. The molecule has 0 unspecified atom stereocenters. The molecular weight excluding hydrogens is 312 g/mol. The van der Waals surface area contributed by atoms with Gasteiger partial charge in [-0.1, -0.05) is 30.3 Å². The number of likely N-dealkylation sites (tertiary alicyclic amines) is 1. The van der Waals surface area contributed by atoms with Crippen molar-refractivity contribution in [3.05, 3.63) is 35.9 Å². The first-order valence-corrected chi connectivity index (χ1v) is 9.13. The second-order valence-electron chi connectivity index (χ2n) is 6.16. The number of carbonyl (C=O) groups excluding carboxylic acids is 2. The van der Waals surface area contributed by atoms with Gasteiger partial charge < -0.3 is 14.9 Å². The van der Waals surface area contributed by atoms with Crippen LogP contribution in [-0.4, -0.2) is 64.6 Å². The van der Waals surface area contributed by atoms with E-state index in [0.717, 1.165) is 6.42 Å². The van der Waals surface area contributed by atoms with Crippen molar-refractivity contribution in [1.29, 1.82) is 0 Å². The van der Waals surface area contributed by atoms with E-state index in [1.54, 1.807) is 21.6 Å². The molecule has 5 nitrogen and oxygen atoms in total. The highest BCUT2D eigenvalue weighted by Gasteiger charge is 2.33. The zero-order valence-electron chi connectivity index (χ0n) is 13.1. The Hall–Kier alpha value is -1.53. The van der Waals surface area contributed by atoms with E-state index in [9.17, 15) is 14.7 Å². The zero-order chi connectivity index (χ0) is 16.2. The number of thioether (sulfide) groups is 1. The average molecular weight is 334 g/mol. The Morgan fingerprint density at radius 3 is 2.74 bits per heavy atom. The molecular formula is C17H22N2O3S. The van der Waals surface area contributed by atoms with Gasteiger partial charge in [0.2, 0.25) is 11.8 Å². The number of nitrogens with zero attached hydrogens (tertiary/aromatic N) is 2. The van der Waals surface area contributed by atoms with Crippen LogP contribution in [0.1, 0.15) is 17.9 Å². The molecule has 2 aliphatic rings. The number of hydrogen-bond donors (Lipinski definition) is 1. The lowest BCUT2D eigenvalue weighted by Gasteiger charge is -2.38. The summed E-state index contributed by atoms with van der Waals surface area (Å²) in [5.74, 6) is 1.46. The molecule has 1 aromatic carbocycles. The minimum absolute atomic E-state index is 0.00851. The van der Waals surface area contributed by atoms with Crippen molar-refractivity contribution in [3.8, 4) is 0 Å². The number of carbonyl (C=O) groups is 2. The molecule has 2 amide bonds. The summed E-state index contributed by atoms with van der Waals surface area (Å²) in [6, 6.07) is 10.2. The predicted molar refractivity (Wildman–Crippen MR) is 90.0 cm³/mol. The van der Waals surface area contributed by atoms with Crippen LogP contribution >= 0.6 is 11.8 Å². The maximum atomic E-state index is 12.4. The van der Waals surface area contributed by atoms with Gasteiger partial charge in [-0.05, 0) is 17.9 Å². The first-order valence-electron chi connectivity index (χ1n) is 7.98. The molecule has 124 valence electrons. The Morgan fingerprint density at radius 1 is 1.30 bits per heavy atom. The molecule has 3 rings (SSSR count). The number of benzene rings is 1. The smallest absolute Gasteiger partial charge is 0.242 e. The molecule has 2 atom stereocenters. The van der Waals surface area contributed by atoms with E-state index in [4.69, 9.17) is 0 Å². The average Bonchev–Trinajstić information content (AvgIpc) is 3.00. The highest BCUT2D eigenvalue weighted by Crippen LogP contribution is 2.32. The minimum Gasteiger partial charge on any atom is -0.396 e. The summed E-state index contributed by atoms with van der Waals surface area (Å²) in [6.07, 6.45) is 0.851. The third-order valence-corrected chi connectivity index (χ3v) is 5.65. The maximum absolute atomic E-state index is 12.4. The molecule has 0 aromatic heterocycles. The molecule has 0 saturated carbocycles. The zero-order valence-corrected chi connectivity index (χ0v) is 13.9. The Morgan fingerprint density at radius 2 is 2.09 bits per heavy atom. The SMILES string of the molecule is O=C1CSCN1CC(=O)N1CC[C@@H](c2ccccc2)[C@@H](CO)C1. The van der Waals surface area contributed by atoms with Gasteiger partial charge in [0.1, 0.15) is 6.54 Å². The Bertz CT molecular complexity index is 566. The summed E-state index contributed by atoms with van der Waals surface area (Å²) >= 11 is 1.55. The van der Waals surface area contributed by atoms with Crippen LogP contribution in [0.15, 0.2) is 30.3 Å². The quantitative estimate of drug-likeness (QED) is 0.897. The van der Waals surface area contributed by atoms with E-state index in [2.05, 4.69) is 12.1 Å². The van der Waals surface area contributed by atoms with Crippen molar-refractivity contribution in [2.45, 2.75) is 12.3 Å². The predicted octanol–water partition coefficient (Wildman–Crippen LogP) is 1.14. The lowest BCUT2D eigenvalue weighted by Crippen LogP contribution is -2.48. The Kier molecular flexibility index (Phi) is 5.23. The van der Waals surface area contributed by atoms with Crippen molar-refractivity contribution in [3.63, 3.8) is 0 Å². The normalized spacial score (nSPS) is 25.0. The van der Waals surface area contributed by atoms with Gasteiger partial charge >= 0.3 is 0 Å². The van der Waals surface area contributed by atoms with Gasteiger partial charge in [-0.25, -0.2) is 0 Å². The van der Waals surface area contributed by atoms with Gasteiger partial charge in [0.05, 0.1) is 11.6 Å². The van der Waals surface area contributed by atoms with E-state index in [1.807, 2.05) is 18.2 Å². The summed E-state index contributed by atoms with van der Waals surface area (Å²) in [6.45, 7) is 1.48. The third-order valence-electron chi connectivity index (χ3n) is 4.70. The van der Waals surface area contributed by atoms with Crippen molar-refractivity contribution < 1.29 is 14.7 Å². The van der Waals surface area contributed by atoms with Gasteiger partial charge in [0, 0.05) is 25.6 Å².